The monoisotopic (exact) mass is 204 g/mol. The van der Waals surface area contributed by atoms with Gasteiger partial charge in [0.1, 0.15) is 6.07 Å². The van der Waals surface area contributed by atoms with Crippen molar-refractivity contribution in [2.45, 2.75) is 18.4 Å². The highest BCUT2D eigenvalue weighted by Crippen LogP contribution is 2.39. The lowest BCUT2D eigenvalue weighted by Crippen LogP contribution is -2.26. The van der Waals surface area contributed by atoms with E-state index in [0.717, 1.165) is 12.8 Å². The van der Waals surface area contributed by atoms with E-state index in [2.05, 4.69) is 10.3 Å². The van der Waals surface area contributed by atoms with E-state index < -0.39 is 0 Å². The Morgan fingerprint density at radius 3 is 2.93 bits per heavy atom. The molecule has 0 amide bonds. The lowest BCUT2D eigenvalue weighted by Gasteiger charge is -2.16. The third-order valence-electron chi connectivity index (χ3n) is 2.65. The van der Waals surface area contributed by atoms with Crippen LogP contribution in [0.2, 0.25) is 0 Å². The number of nitrogen functional groups attached to an aromatic ring is 1. The Balaban J connectivity index is 2.26. The quantitative estimate of drug-likeness (QED) is 0.665. The number of nitrogens with zero attached hydrogens (tertiary/aromatic N) is 2. The zero-order valence-corrected chi connectivity index (χ0v) is 8.20. The van der Waals surface area contributed by atoms with Gasteiger partial charge < -0.3 is 16.2 Å². The molecule has 0 aromatic carbocycles. The van der Waals surface area contributed by atoms with E-state index in [0.29, 0.717) is 17.1 Å². The van der Waals surface area contributed by atoms with E-state index in [1.807, 2.05) is 6.07 Å². The molecule has 0 spiro atoms. The smallest absolute Gasteiger partial charge is 0.151 e. The Bertz CT molecular complexity index is 420. The van der Waals surface area contributed by atoms with Crippen LogP contribution in [0.15, 0.2) is 12.3 Å². The standard InChI is InChI=1S/C10H12N4O/c11-5-7-1-4-13-9(8(7)12)14-10(6-15)2-3-10/h1,4,15H,2-3,6,12H2,(H,13,14). The molecular formula is C10H12N4O. The van der Waals surface area contributed by atoms with Gasteiger partial charge in [-0.2, -0.15) is 5.26 Å². The maximum Gasteiger partial charge on any atom is 0.151 e. The Morgan fingerprint density at radius 1 is 1.67 bits per heavy atom. The first-order valence-electron chi connectivity index (χ1n) is 4.74. The molecule has 1 aromatic rings. The number of anilines is 2. The molecule has 0 saturated heterocycles. The molecule has 0 radical (unpaired) electrons. The van der Waals surface area contributed by atoms with Crippen LogP contribution in [0.5, 0.6) is 0 Å². The van der Waals surface area contributed by atoms with Crippen molar-refractivity contribution in [1.29, 1.82) is 5.26 Å². The maximum absolute atomic E-state index is 9.14. The number of aromatic nitrogens is 1. The summed E-state index contributed by atoms with van der Waals surface area (Å²) >= 11 is 0. The first-order chi connectivity index (χ1) is 7.21. The van der Waals surface area contributed by atoms with Gasteiger partial charge >= 0.3 is 0 Å². The third kappa shape index (κ3) is 1.72. The average molecular weight is 204 g/mol. The summed E-state index contributed by atoms with van der Waals surface area (Å²) < 4.78 is 0. The molecule has 0 atom stereocenters. The van der Waals surface area contributed by atoms with Crippen LogP contribution in [0.25, 0.3) is 0 Å². The third-order valence-corrected chi connectivity index (χ3v) is 2.65. The number of hydrogen-bond donors (Lipinski definition) is 3. The largest absolute Gasteiger partial charge is 0.395 e. The lowest BCUT2D eigenvalue weighted by molar-refractivity contribution is 0.266. The van der Waals surface area contributed by atoms with Gasteiger partial charge in [-0.3, -0.25) is 0 Å². The van der Waals surface area contributed by atoms with Crippen molar-refractivity contribution < 1.29 is 5.11 Å². The minimum atomic E-state index is -0.269. The predicted octanol–water partition coefficient (Wildman–Crippen LogP) is 0.472. The van der Waals surface area contributed by atoms with Crippen LogP contribution in [0.1, 0.15) is 18.4 Å². The van der Waals surface area contributed by atoms with Crippen molar-refractivity contribution in [2.75, 3.05) is 17.7 Å². The van der Waals surface area contributed by atoms with Crippen molar-refractivity contribution in [3.05, 3.63) is 17.8 Å². The van der Waals surface area contributed by atoms with Gasteiger partial charge in [0.15, 0.2) is 5.82 Å². The first kappa shape index (κ1) is 9.74. The van der Waals surface area contributed by atoms with Crippen LogP contribution in [0, 0.1) is 11.3 Å². The molecule has 78 valence electrons. The summed E-state index contributed by atoms with van der Waals surface area (Å²) in [5.41, 5.74) is 6.24. The molecule has 1 saturated carbocycles. The lowest BCUT2D eigenvalue weighted by atomic mass is 10.2. The summed E-state index contributed by atoms with van der Waals surface area (Å²) in [5, 5.41) is 21.0. The molecule has 0 unspecified atom stereocenters. The Hall–Kier alpha value is -1.80. The number of aliphatic hydroxyl groups is 1. The van der Waals surface area contributed by atoms with Crippen LogP contribution in [-0.4, -0.2) is 22.2 Å². The van der Waals surface area contributed by atoms with Gasteiger partial charge in [-0.05, 0) is 18.9 Å². The van der Waals surface area contributed by atoms with E-state index in [1.54, 1.807) is 6.07 Å². The Morgan fingerprint density at radius 2 is 2.40 bits per heavy atom. The molecule has 4 N–H and O–H groups in total. The maximum atomic E-state index is 9.14. The second kappa shape index (κ2) is 3.41. The predicted molar refractivity (Wildman–Crippen MR) is 56.0 cm³/mol. The second-order valence-electron chi connectivity index (χ2n) is 3.80. The van der Waals surface area contributed by atoms with Gasteiger partial charge in [-0.15, -0.1) is 0 Å². The van der Waals surface area contributed by atoms with Gasteiger partial charge in [0.05, 0.1) is 23.4 Å². The fourth-order valence-corrected chi connectivity index (χ4v) is 1.40. The number of hydrogen-bond acceptors (Lipinski definition) is 5. The van der Waals surface area contributed by atoms with Gasteiger partial charge in [0.25, 0.3) is 0 Å². The van der Waals surface area contributed by atoms with Crippen LogP contribution in [-0.2, 0) is 0 Å². The average Bonchev–Trinajstić information content (AvgIpc) is 3.02. The van der Waals surface area contributed by atoms with Crippen molar-refractivity contribution >= 4 is 11.5 Å². The first-order valence-corrected chi connectivity index (χ1v) is 4.74. The van der Waals surface area contributed by atoms with Crippen molar-refractivity contribution in [1.82, 2.24) is 4.98 Å². The van der Waals surface area contributed by atoms with Gasteiger partial charge in [0.2, 0.25) is 0 Å². The summed E-state index contributed by atoms with van der Waals surface area (Å²) in [7, 11) is 0. The van der Waals surface area contributed by atoms with Gasteiger partial charge in [0, 0.05) is 6.20 Å². The number of nitrogens with two attached hydrogens (primary N) is 1. The fraction of sp³-hybridized carbons (Fsp3) is 0.400. The molecule has 1 aliphatic rings. The van der Waals surface area contributed by atoms with Crippen LogP contribution in [0.3, 0.4) is 0 Å². The summed E-state index contributed by atoms with van der Waals surface area (Å²) in [4.78, 5) is 4.06. The highest BCUT2D eigenvalue weighted by molar-refractivity contribution is 5.69. The second-order valence-corrected chi connectivity index (χ2v) is 3.80. The molecule has 1 fully saturated rings. The Labute approximate surface area is 87.5 Å². The molecule has 1 aliphatic carbocycles. The van der Waals surface area contributed by atoms with E-state index >= 15 is 0 Å². The van der Waals surface area contributed by atoms with E-state index in [-0.39, 0.29) is 12.1 Å². The normalized spacial score (nSPS) is 16.8. The topological polar surface area (TPSA) is 95.0 Å². The molecule has 1 aromatic heterocycles. The van der Waals surface area contributed by atoms with E-state index in [9.17, 15) is 0 Å². The van der Waals surface area contributed by atoms with Crippen LogP contribution in [0.4, 0.5) is 11.5 Å². The number of aliphatic hydroxyl groups excluding tert-OH is 1. The minimum Gasteiger partial charge on any atom is -0.395 e. The molecular weight excluding hydrogens is 192 g/mol. The molecule has 0 bridgehead atoms. The van der Waals surface area contributed by atoms with Crippen LogP contribution >= 0.6 is 0 Å². The summed E-state index contributed by atoms with van der Waals surface area (Å²) in [6, 6.07) is 3.56. The van der Waals surface area contributed by atoms with Crippen LogP contribution < -0.4 is 11.1 Å². The molecule has 5 heteroatoms. The van der Waals surface area contributed by atoms with Crippen molar-refractivity contribution in [3.8, 4) is 6.07 Å². The summed E-state index contributed by atoms with van der Waals surface area (Å²) in [6.07, 6.45) is 3.34. The van der Waals surface area contributed by atoms with Gasteiger partial charge in [-0.1, -0.05) is 0 Å². The highest BCUT2D eigenvalue weighted by atomic mass is 16.3. The summed E-state index contributed by atoms with van der Waals surface area (Å²) in [6.45, 7) is 0.0604. The minimum absolute atomic E-state index is 0.0604. The number of pyridine rings is 1. The van der Waals surface area contributed by atoms with E-state index in [1.165, 1.54) is 6.20 Å². The molecule has 5 nitrogen and oxygen atoms in total. The zero-order chi connectivity index (χ0) is 10.9. The zero-order valence-electron chi connectivity index (χ0n) is 8.20. The molecule has 1 heterocycles. The Kier molecular flexibility index (Phi) is 2.21. The molecule has 15 heavy (non-hydrogen) atoms. The number of nitriles is 1. The highest BCUT2D eigenvalue weighted by Gasteiger charge is 2.42. The molecule has 2 rings (SSSR count). The van der Waals surface area contributed by atoms with Crippen molar-refractivity contribution in [3.63, 3.8) is 0 Å². The van der Waals surface area contributed by atoms with Crippen molar-refractivity contribution in [2.24, 2.45) is 0 Å². The number of rotatable bonds is 3. The fourth-order valence-electron chi connectivity index (χ4n) is 1.40. The molecule has 0 aliphatic heterocycles. The SMILES string of the molecule is N#Cc1ccnc(NC2(CO)CC2)c1N. The summed E-state index contributed by atoms with van der Waals surface area (Å²) in [5.74, 6) is 0.487. The van der Waals surface area contributed by atoms with E-state index in [4.69, 9.17) is 16.1 Å². The van der Waals surface area contributed by atoms with Gasteiger partial charge in [-0.25, -0.2) is 4.98 Å². The number of nitrogens with one attached hydrogen (secondary N) is 1.